The summed E-state index contributed by atoms with van der Waals surface area (Å²) < 4.78 is 20.2. The number of benzene rings is 1. The normalized spacial score (nSPS) is 14.7. The van der Waals surface area contributed by atoms with Gasteiger partial charge in [-0.15, -0.1) is 0 Å². The molecule has 0 unspecified atom stereocenters. The third-order valence-electron chi connectivity index (χ3n) is 6.00. The number of halogens is 1. The highest BCUT2D eigenvalue weighted by Crippen LogP contribution is 2.27. The van der Waals surface area contributed by atoms with Crippen LogP contribution >= 0.6 is 0 Å². The molecule has 0 saturated heterocycles. The first-order valence-electron chi connectivity index (χ1n) is 11.8. The number of ether oxygens (including phenoxy) is 1. The SMILES string of the molecule is CCCCCCCCCc1cnc(-c2ccc(OCC3CC[CH]CC3)c(F)c2)nc1. The van der Waals surface area contributed by atoms with Gasteiger partial charge in [0.2, 0.25) is 0 Å². The molecular weight excluding hydrogens is 375 g/mol. The van der Waals surface area contributed by atoms with E-state index in [1.165, 1.54) is 51.0 Å². The molecule has 1 aromatic carbocycles. The van der Waals surface area contributed by atoms with E-state index in [0.717, 1.165) is 37.7 Å². The highest BCUT2D eigenvalue weighted by atomic mass is 19.1. The summed E-state index contributed by atoms with van der Waals surface area (Å²) >= 11 is 0. The average molecular weight is 412 g/mol. The van der Waals surface area contributed by atoms with Crippen LogP contribution < -0.4 is 4.74 Å². The molecule has 1 saturated carbocycles. The molecule has 0 spiro atoms. The molecule has 1 fully saturated rings. The molecule has 0 amide bonds. The van der Waals surface area contributed by atoms with Gasteiger partial charge in [0.15, 0.2) is 17.4 Å². The van der Waals surface area contributed by atoms with E-state index < -0.39 is 0 Å². The van der Waals surface area contributed by atoms with Gasteiger partial charge in [0.25, 0.3) is 0 Å². The van der Waals surface area contributed by atoms with E-state index in [1.807, 2.05) is 18.5 Å². The van der Waals surface area contributed by atoms with E-state index in [-0.39, 0.29) is 5.82 Å². The Hall–Kier alpha value is -1.97. The van der Waals surface area contributed by atoms with Crippen LogP contribution in [-0.2, 0) is 6.42 Å². The lowest BCUT2D eigenvalue weighted by molar-refractivity contribution is 0.213. The lowest BCUT2D eigenvalue weighted by atomic mass is 9.90. The Balaban J connectivity index is 1.45. The Morgan fingerprint density at radius 1 is 0.967 bits per heavy atom. The van der Waals surface area contributed by atoms with Crippen molar-refractivity contribution in [2.75, 3.05) is 6.61 Å². The smallest absolute Gasteiger partial charge is 0.165 e. The first kappa shape index (κ1) is 22.7. The monoisotopic (exact) mass is 411 g/mol. The summed E-state index contributed by atoms with van der Waals surface area (Å²) in [7, 11) is 0. The Kier molecular flexibility index (Phi) is 9.59. The fraction of sp³-hybridized carbons (Fsp3) is 0.577. The molecule has 163 valence electrons. The third-order valence-corrected chi connectivity index (χ3v) is 6.00. The number of aromatic nitrogens is 2. The molecule has 0 aliphatic heterocycles. The molecule has 0 bridgehead atoms. The van der Waals surface area contributed by atoms with E-state index in [9.17, 15) is 4.39 Å². The van der Waals surface area contributed by atoms with Crippen molar-refractivity contribution in [1.82, 2.24) is 9.97 Å². The van der Waals surface area contributed by atoms with Crippen LogP contribution in [0.5, 0.6) is 5.75 Å². The van der Waals surface area contributed by atoms with Gasteiger partial charge in [0.05, 0.1) is 6.61 Å². The largest absolute Gasteiger partial charge is 0.490 e. The summed E-state index contributed by atoms with van der Waals surface area (Å²) in [5, 5.41) is 0. The summed E-state index contributed by atoms with van der Waals surface area (Å²) in [4.78, 5) is 8.91. The first-order chi connectivity index (χ1) is 14.8. The lowest BCUT2D eigenvalue weighted by Crippen LogP contribution is -2.15. The van der Waals surface area contributed by atoms with Gasteiger partial charge in [-0.25, -0.2) is 14.4 Å². The maximum atomic E-state index is 14.5. The third kappa shape index (κ3) is 7.37. The maximum absolute atomic E-state index is 14.5. The molecule has 3 nitrogen and oxygen atoms in total. The maximum Gasteiger partial charge on any atom is 0.165 e. The number of nitrogens with zero attached hydrogens (tertiary/aromatic N) is 2. The second-order valence-electron chi connectivity index (χ2n) is 8.55. The number of unbranched alkanes of at least 4 members (excludes halogenated alkanes) is 6. The summed E-state index contributed by atoms with van der Waals surface area (Å²) in [5.74, 6) is 1.07. The zero-order valence-corrected chi connectivity index (χ0v) is 18.4. The molecular formula is C26H36FN2O. The Bertz CT molecular complexity index is 741. The number of hydrogen-bond acceptors (Lipinski definition) is 3. The predicted octanol–water partition coefficient (Wildman–Crippen LogP) is 7.35. The van der Waals surface area contributed by atoms with Crippen LogP contribution in [-0.4, -0.2) is 16.6 Å². The quantitative estimate of drug-likeness (QED) is 0.342. The Morgan fingerprint density at radius 3 is 2.37 bits per heavy atom. The summed E-state index contributed by atoms with van der Waals surface area (Å²) in [6.45, 7) is 2.84. The van der Waals surface area contributed by atoms with E-state index in [2.05, 4.69) is 23.3 Å². The number of aryl methyl sites for hydroxylation is 1. The van der Waals surface area contributed by atoms with Gasteiger partial charge in [-0.1, -0.05) is 45.4 Å². The van der Waals surface area contributed by atoms with E-state index in [0.29, 0.717) is 29.7 Å². The molecule has 3 rings (SSSR count). The van der Waals surface area contributed by atoms with Crippen LogP contribution in [0.1, 0.15) is 83.1 Å². The molecule has 30 heavy (non-hydrogen) atoms. The fourth-order valence-electron chi connectivity index (χ4n) is 4.05. The molecule has 4 heteroatoms. The highest BCUT2D eigenvalue weighted by molar-refractivity contribution is 5.56. The van der Waals surface area contributed by atoms with Crippen molar-refractivity contribution in [2.45, 2.75) is 84.0 Å². The standard InChI is InChI=1S/C26H36FN2O/c1-2-3-4-5-6-7-9-14-22-18-28-26(29-19-22)23-15-16-25(24(27)17-23)30-20-21-12-10-8-11-13-21/h8,15-19,21H,2-7,9-14,20H2,1H3. The van der Waals surface area contributed by atoms with Gasteiger partial charge in [-0.3, -0.25) is 0 Å². The highest BCUT2D eigenvalue weighted by Gasteiger charge is 2.15. The van der Waals surface area contributed by atoms with Gasteiger partial charge < -0.3 is 4.74 Å². The lowest BCUT2D eigenvalue weighted by Gasteiger charge is -2.21. The molecule has 1 aliphatic carbocycles. The zero-order valence-electron chi connectivity index (χ0n) is 18.4. The van der Waals surface area contributed by atoms with Crippen molar-refractivity contribution in [1.29, 1.82) is 0 Å². The Morgan fingerprint density at radius 2 is 1.67 bits per heavy atom. The van der Waals surface area contributed by atoms with Crippen LogP contribution in [0.3, 0.4) is 0 Å². The minimum atomic E-state index is -0.342. The van der Waals surface area contributed by atoms with Crippen molar-refractivity contribution in [3.63, 3.8) is 0 Å². The van der Waals surface area contributed by atoms with Crippen LogP contribution in [0.2, 0.25) is 0 Å². The second-order valence-corrected chi connectivity index (χ2v) is 8.55. The van der Waals surface area contributed by atoms with Crippen LogP contribution in [0.15, 0.2) is 30.6 Å². The van der Waals surface area contributed by atoms with E-state index in [4.69, 9.17) is 4.74 Å². The molecule has 1 aliphatic rings. The predicted molar refractivity (Wildman–Crippen MR) is 121 cm³/mol. The molecule has 0 N–H and O–H groups in total. The minimum absolute atomic E-state index is 0.323. The zero-order chi connectivity index (χ0) is 21.0. The second kappa shape index (κ2) is 12.7. The van der Waals surface area contributed by atoms with E-state index >= 15 is 0 Å². The average Bonchev–Trinajstić information content (AvgIpc) is 2.79. The van der Waals surface area contributed by atoms with Crippen molar-refractivity contribution in [2.24, 2.45) is 5.92 Å². The van der Waals surface area contributed by atoms with Crippen LogP contribution in [0.4, 0.5) is 4.39 Å². The van der Waals surface area contributed by atoms with Crippen LogP contribution in [0, 0.1) is 18.2 Å². The van der Waals surface area contributed by atoms with Crippen molar-refractivity contribution in [3.05, 3.63) is 48.4 Å². The molecule has 1 aromatic heterocycles. The van der Waals surface area contributed by atoms with Crippen molar-refractivity contribution in [3.8, 4) is 17.1 Å². The molecule has 2 aromatic rings. The summed E-state index contributed by atoms with van der Waals surface area (Å²) in [6, 6.07) is 5.03. The van der Waals surface area contributed by atoms with E-state index in [1.54, 1.807) is 6.07 Å². The van der Waals surface area contributed by atoms with Gasteiger partial charge in [0.1, 0.15) is 0 Å². The Labute approximate surface area is 181 Å². The number of hydrogen-bond donors (Lipinski definition) is 0. The van der Waals surface area contributed by atoms with Crippen LogP contribution in [0.25, 0.3) is 11.4 Å². The van der Waals surface area contributed by atoms with Gasteiger partial charge in [-0.2, -0.15) is 0 Å². The topological polar surface area (TPSA) is 35.0 Å². The van der Waals surface area contributed by atoms with Crippen molar-refractivity contribution < 1.29 is 9.13 Å². The van der Waals surface area contributed by atoms with Gasteiger partial charge >= 0.3 is 0 Å². The molecule has 1 radical (unpaired) electrons. The molecule has 1 heterocycles. The number of rotatable bonds is 12. The van der Waals surface area contributed by atoms with Crippen molar-refractivity contribution >= 4 is 0 Å². The molecule has 0 atom stereocenters. The minimum Gasteiger partial charge on any atom is -0.490 e. The van der Waals surface area contributed by atoms with Gasteiger partial charge in [-0.05, 0) is 74.6 Å². The summed E-state index contributed by atoms with van der Waals surface area (Å²) in [6.07, 6.45) is 20.7. The fourth-order valence-corrected chi connectivity index (χ4v) is 4.05. The van der Waals surface area contributed by atoms with Gasteiger partial charge in [0, 0.05) is 18.0 Å². The summed E-state index contributed by atoms with van der Waals surface area (Å²) in [5.41, 5.74) is 1.84. The first-order valence-corrected chi connectivity index (χ1v) is 11.8.